The lowest BCUT2D eigenvalue weighted by atomic mass is 9.79. The Morgan fingerprint density at radius 2 is 1.73 bits per heavy atom. The molecule has 1 aromatic rings. The van der Waals surface area contributed by atoms with Crippen molar-refractivity contribution in [3.8, 4) is 0 Å². The van der Waals surface area contributed by atoms with Crippen molar-refractivity contribution in [2.24, 2.45) is 0 Å². The van der Waals surface area contributed by atoms with Gasteiger partial charge in [-0.25, -0.2) is 4.79 Å². The van der Waals surface area contributed by atoms with Crippen LogP contribution in [0.15, 0.2) is 12.1 Å². The molecule has 1 aromatic carbocycles. The van der Waals surface area contributed by atoms with Crippen molar-refractivity contribution in [1.82, 2.24) is 4.90 Å². The molecular weight excluding hydrogens is 354 g/mol. The van der Waals surface area contributed by atoms with Crippen molar-refractivity contribution >= 4 is 29.3 Å². The van der Waals surface area contributed by atoms with Crippen LogP contribution in [0, 0.1) is 13.8 Å². The molecule has 2 rings (SSSR count). The van der Waals surface area contributed by atoms with Gasteiger partial charge in [-0.1, -0.05) is 18.5 Å². The highest BCUT2D eigenvalue weighted by Crippen LogP contribution is 2.34. The van der Waals surface area contributed by atoms with Gasteiger partial charge in [-0.3, -0.25) is 9.59 Å². The number of nitrogens with zero attached hydrogens (tertiary/aromatic N) is 1. The second-order valence-electron chi connectivity index (χ2n) is 7.12. The maximum Gasteiger partial charge on any atom is 0.329 e. The number of halogens is 1. The van der Waals surface area contributed by atoms with E-state index in [1.165, 1.54) is 4.90 Å². The van der Waals surface area contributed by atoms with Gasteiger partial charge in [0.05, 0.1) is 6.42 Å². The van der Waals surface area contributed by atoms with Crippen LogP contribution >= 0.6 is 11.6 Å². The molecule has 1 aliphatic carbocycles. The second-order valence-corrected chi connectivity index (χ2v) is 7.55. The molecule has 1 N–H and O–H groups in total. The lowest BCUT2D eigenvalue weighted by Gasteiger charge is -2.43. The number of hydrogen-bond acceptors (Lipinski definition) is 3. The van der Waals surface area contributed by atoms with Gasteiger partial charge in [-0.2, -0.15) is 0 Å². The number of amides is 1. The molecule has 0 atom stereocenters. The van der Waals surface area contributed by atoms with E-state index in [1.54, 1.807) is 0 Å². The summed E-state index contributed by atoms with van der Waals surface area (Å²) in [5.41, 5.74) is 1.44. The van der Waals surface area contributed by atoms with E-state index in [9.17, 15) is 19.5 Å². The molecule has 1 saturated carbocycles. The third-order valence-electron chi connectivity index (χ3n) is 5.29. The molecule has 1 amide bonds. The molecule has 0 unspecified atom stereocenters. The van der Waals surface area contributed by atoms with Crippen LogP contribution in [0.1, 0.15) is 55.7 Å². The molecule has 6 heteroatoms. The van der Waals surface area contributed by atoms with Crippen LogP contribution in [-0.4, -0.2) is 39.7 Å². The maximum atomic E-state index is 13.1. The number of carbonyl (C=O) groups is 3. The number of carboxylic acid groups (broad SMARTS) is 1. The van der Waals surface area contributed by atoms with E-state index < -0.39 is 11.5 Å². The molecule has 142 valence electrons. The van der Waals surface area contributed by atoms with Crippen molar-refractivity contribution in [3.63, 3.8) is 0 Å². The van der Waals surface area contributed by atoms with E-state index in [0.29, 0.717) is 18.0 Å². The van der Waals surface area contributed by atoms with Gasteiger partial charge in [-0.15, -0.1) is 0 Å². The van der Waals surface area contributed by atoms with E-state index in [4.69, 9.17) is 11.6 Å². The van der Waals surface area contributed by atoms with Gasteiger partial charge < -0.3 is 10.0 Å². The van der Waals surface area contributed by atoms with Crippen LogP contribution in [0.25, 0.3) is 0 Å². The van der Waals surface area contributed by atoms with E-state index >= 15 is 0 Å². The monoisotopic (exact) mass is 379 g/mol. The zero-order chi connectivity index (χ0) is 19.5. The smallest absolute Gasteiger partial charge is 0.329 e. The fourth-order valence-electron chi connectivity index (χ4n) is 3.81. The first-order valence-electron chi connectivity index (χ1n) is 9.02. The van der Waals surface area contributed by atoms with Gasteiger partial charge in [-0.05, 0) is 61.9 Å². The summed E-state index contributed by atoms with van der Waals surface area (Å²) in [4.78, 5) is 38.4. The van der Waals surface area contributed by atoms with Gasteiger partial charge >= 0.3 is 5.97 Å². The average molecular weight is 380 g/mol. The van der Waals surface area contributed by atoms with Crippen molar-refractivity contribution in [2.45, 2.75) is 64.8 Å². The first kappa shape index (κ1) is 20.4. The first-order chi connectivity index (χ1) is 12.2. The Hall–Kier alpha value is -1.88. The lowest BCUT2D eigenvalue weighted by molar-refractivity contribution is -0.162. The Morgan fingerprint density at radius 3 is 2.19 bits per heavy atom. The molecular formula is C20H26ClNO4. The molecule has 0 aromatic heterocycles. The lowest BCUT2D eigenvalue weighted by Crippen LogP contribution is -2.59. The molecule has 0 saturated heterocycles. The molecule has 1 fully saturated rings. The van der Waals surface area contributed by atoms with Gasteiger partial charge in [0.25, 0.3) is 0 Å². The summed E-state index contributed by atoms with van der Waals surface area (Å²) < 4.78 is 0. The molecule has 0 heterocycles. The summed E-state index contributed by atoms with van der Waals surface area (Å²) in [6.07, 6.45) is 1.58. The Labute approximate surface area is 159 Å². The Balaban J connectivity index is 2.35. The molecule has 5 nitrogen and oxygen atoms in total. The van der Waals surface area contributed by atoms with Crippen LogP contribution < -0.4 is 0 Å². The number of rotatable bonds is 6. The van der Waals surface area contributed by atoms with Gasteiger partial charge in [0, 0.05) is 24.4 Å². The summed E-state index contributed by atoms with van der Waals surface area (Å²) in [5.74, 6) is -1.16. The second kappa shape index (κ2) is 8.21. The number of benzene rings is 1. The molecule has 0 aliphatic heterocycles. The molecule has 1 aliphatic rings. The fraction of sp³-hybridized carbons (Fsp3) is 0.550. The van der Waals surface area contributed by atoms with Crippen molar-refractivity contribution in [3.05, 3.63) is 33.8 Å². The highest BCUT2D eigenvalue weighted by molar-refractivity contribution is 6.30. The third kappa shape index (κ3) is 4.09. The Morgan fingerprint density at radius 1 is 1.19 bits per heavy atom. The Bertz CT molecular complexity index is 696. The van der Waals surface area contributed by atoms with E-state index in [1.807, 2.05) is 32.9 Å². The SMILES string of the molecule is CCCN(C(=O)Cc1c(C)cc(Cl)cc1C)C1(C(=O)O)CCC(=O)CC1. The summed E-state index contributed by atoms with van der Waals surface area (Å²) in [7, 11) is 0. The van der Waals surface area contributed by atoms with Crippen molar-refractivity contribution in [1.29, 1.82) is 0 Å². The predicted octanol–water partition coefficient (Wildman–Crippen LogP) is 3.70. The van der Waals surface area contributed by atoms with E-state index in [-0.39, 0.29) is 43.8 Å². The van der Waals surface area contributed by atoms with Crippen LogP contribution in [0.5, 0.6) is 0 Å². The summed E-state index contributed by atoms with van der Waals surface area (Å²) >= 11 is 6.07. The number of aryl methyl sites for hydroxylation is 2. The topological polar surface area (TPSA) is 74.7 Å². The summed E-state index contributed by atoms with van der Waals surface area (Å²) in [5, 5.41) is 10.5. The minimum absolute atomic E-state index is 0.0650. The minimum Gasteiger partial charge on any atom is -0.479 e. The molecule has 0 bridgehead atoms. The van der Waals surface area contributed by atoms with Crippen LogP contribution in [0.4, 0.5) is 0 Å². The van der Waals surface area contributed by atoms with Crippen molar-refractivity contribution in [2.75, 3.05) is 6.54 Å². The molecule has 26 heavy (non-hydrogen) atoms. The number of hydrogen-bond donors (Lipinski definition) is 1. The van der Waals surface area contributed by atoms with Gasteiger partial charge in [0.15, 0.2) is 0 Å². The first-order valence-corrected chi connectivity index (χ1v) is 9.40. The Kier molecular flexibility index (Phi) is 6.45. The number of carboxylic acids is 1. The van der Waals surface area contributed by atoms with Crippen LogP contribution in [-0.2, 0) is 20.8 Å². The number of carbonyl (C=O) groups excluding carboxylic acids is 2. The fourth-order valence-corrected chi connectivity index (χ4v) is 4.14. The summed E-state index contributed by atoms with van der Waals surface area (Å²) in [6, 6.07) is 3.63. The number of ketones is 1. The number of aliphatic carboxylic acids is 1. The zero-order valence-electron chi connectivity index (χ0n) is 15.6. The predicted molar refractivity (Wildman–Crippen MR) is 100 cm³/mol. The average Bonchev–Trinajstić information content (AvgIpc) is 2.56. The maximum absolute atomic E-state index is 13.1. The molecule has 0 radical (unpaired) electrons. The van der Waals surface area contributed by atoms with E-state index in [2.05, 4.69) is 0 Å². The normalized spacial score (nSPS) is 16.4. The summed E-state index contributed by atoms with van der Waals surface area (Å²) in [6.45, 7) is 6.09. The highest BCUT2D eigenvalue weighted by Gasteiger charge is 2.48. The van der Waals surface area contributed by atoms with E-state index in [0.717, 1.165) is 16.7 Å². The quantitative estimate of drug-likeness (QED) is 0.817. The largest absolute Gasteiger partial charge is 0.479 e. The van der Waals surface area contributed by atoms with Crippen molar-refractivity contribution < 1.29 is 19.5 Å². The number of Topliss-reactive ketones (excluding diaryl/α,β-unsaturated/α-hetero) is 1. The zero-order valence-corrected chi connectivity index (χ0v) is 16.4. The highest BCUT2D eigenvalue weighted by atomic mass is 35.5. The van der Waals surface area contributed by atoms with Gasteiger partial charge in [0.1, 0.15) is 11.3 Å². The molecule has 0 spiro atoms. The minimum atomic E-state index is -1.28. The standard InChI is InChI=1S/C20H26ClNO4/c1-4-9-22(20(19(25)26)7-5-16(23)6-8-20)18(24)12-17-13(2)10-15(21)11-14(17)3/h10-11H,4-9,12H2,1-3H3,(H,25,26). The van der Waals surface area contributed by atoms with Crippen LogP contribution in [0.3, 0.4) is 0 Å². The third-order valence-corrected chi connectivity index (χ3v) is 5.50. The van der Waals surface area contributed by atoms with Gasteiger partial charge in [0.2, 0.25) is 5.91 Å². The van der Waals surface area contributed by atoms with Crippen LogP contribution in [0.2, 0.25) is 5.02 Å².